The van der Waals surface area contributed by atoms with Gasteiger partial charge in [-0.25, -0.2) is 4.79 Å². The zero-order valence-corrected chi connectivity index (χ0v) is 16.7. The molecule has 29 heavy (non-hydrogen) atoms. The molecule has 0 saturated heterocycles. The molecule has 1 atom stereocenters. The summed E-state index contributed by atoms with van der Waals surface area (Å²) in [6.45, 7) is 1.27. The molecule has 0 bridgehead atoms. The summed E-state index contributed by atoms with van der Waals surface area (Å²) in [6.07, 6.45) is 2.77. The van der Waals surface area contributed by atoms with Crippen LogP contribution in [0.2, 0.25) is 0 Å². The van der Waals surface area contributed by atoms with Gasteiger partial charge in [-0.05, 0) is 42.9 Å². The minimum Gasteiger partial charge on any atom is -0.481 e. The van der Waals surface area contributed by atoms with Crippen LogP contribution in [0.1, 0.15) is 34.9 Å². The van der Waals surface area contributed by atoms with Gasteiger partial charge in [-0.1, -0.05) is 19.1 Å². The molecular formula is C21H19N3O4S. The van der Waals surface area contributed by atoms with Crippen molar-refractivity contribution in [1.29, 1.82) is 10.5 Å². The molecule has 3 rings (SSSR count). The van der Waals surface area contributed by atoms with Gasteiger partial charge in [0.15, 0.2) is 13.2 Å². The van der Waals surface area contributed by atoms with E-state index in [4.69, 9.17) is 14.7 Å². The number of fused-ring (bicyclic) bond motifs is 1. The Morgan fingerprint density at radius 3 is 2.79 bits per heavy atom. The molecule has 0 fully saturated rings. The summed E-state index contributed by atoms with van der Waals surface area (Å²) in [6, 6.07) is 10.7. The number of nitrogens with one attached hydrogen (secondary N) is 1. The first kappa shape index (κ1) is 20.4. The number of rotatable bonds is 6. The van der Waals surface area contributed by atoms with Gasteiger partial charge in [-0.15, -0.1) is 11.3 Å². The maximum absolute atomic E-state index is 12.2. The van der Waals surface area contributed by atoms with Crippen LogP contribution < -0.4 is 10.1 Å². The van der Waals surface area contributed by atoms with E-state index in [2.05, 4.69) is 18.3 Å². The maximum Gasteiger partial charge on any atom is 0.344 e. The highest BCUT2D eigenvalue weighted by Gasteiger charge is 2.24. The summed E-state index contributed by atoms with van der Waals surface area (Å²) >= 11 is 1.41. The highest BCUT2D eigenvalue weighted by Crippen LogP contribution is 2.39. The number of nitrogens with zero attached hydrogens (tertiary/aromatic N) is 2. The number of nitriles is 2. The Hall–Kier alpha value is -3.36. The van der Waals surface area contributed by atoms with E-state index < -0.39 is 25.1 Å². The highest BCUT2D eigenvalue weighted by molar-refractivity contribution is 7.16. The van der Waals surface area contributed by atoms with Crippen molar-refractivity contribution >= 4 is 28.2 Å². The number of benzene rings is 1. The first-order chi connectivity index (χ1) is 14.0. The maximum atomic E-state index is 12.2. The van der Waals surface area contributed by atoms with Gasteiger partial charge in [0.25, 0.3) is 5.91 Å². The van der Waals surface area contributed by atoms with Crippen LogP contribution in [-0.4, -0.2) is 25.1 Å². The van der Waals surface area contributed by atoms with Crippen molar-refractivity contribution in [2.45, 2.75) is 26.2 Å². The summed E-state index contributed by atoms with van der Waals surface area (Å²) < 4.78 is 10.2. The Labute approximate surface area is 172 Å². The first-order valence-corrected chi connectivity index (χ1v) is 9.95. The van der Waals surface area contributed by atoms with Crippen LogP contribution in [0.25, 0.3) is 0 Å². The second kappa shape index (κ2) is 9.22. The van der Waals surface area contributed by atoms with Crippen LogP contribution in [0, 0.1) is 28.6 Å². The number of carbonyl (C=O) groups is 2. The normalized spacial score (nSPS) is 14.8. The average molecular weight is 409 g/mol. The van der Waals surface area contributed by atoms with Crippen LogP contribution in [-0.2, 0) is 27.2 Å². The lowest BCUT2D eigenvalue weighted by Gasteiger charge is -2.17. The standard InChI is InChI=1S/C21H19N3O4S/c1-13-6-7-15-16(10-23)21(29-18(15)8-13)24-19(25)11-28-20(26)12-27-17-5-3-2-4-14(17)9-22/h2-5,13H,6-8,11-12H2,1H3,(H,24,25)/t13-/m1/s1. The van der Waals surface area contributed by atoms with Crippen LogP contribution >= 0.6 is 11.3 Å². The van der Waals surface area contributed by atoms with E-state index in [-0.39, 0.29) is 5.75 Å². The quantitative estimate of drug-likeness (QED) is 0.733. The highest BCUT2D eigenvalue weighted by atomic mass is 32.1. The van der Waals surface area contributed by atoms with E-state index in [0.717, 1.165) is 29.7 Å². The summed E-state index contributed by atoms with van der Waals surface area (Å²) in [7, 11) is 0. The van der Waals surface area contributed by atoms with Crippen molar-refractivity contribution in [1.82, 2.24) is 0 Å². The lowest BCUT2D eigenvalue weighted by molar-refractivity contribution is -0.149. The Bertz CT molecular complexity index is 1020. The second-order valence-electron chi connectivity index (χ2n) is 6.77. The number of amides is 1. The molecule has 0 radical (unpaired) electrons. The molecule has 7 nitrogen and oxygen atoms in total. The summed E-state index contributed by atoms with van der Waals surface area (Å²) in [4.78, 5) is 25.1. The number of ether oxygens (including phenoxy) is 2. The van der Waals surface area contributed by atoms with Crippen LogP contribution in [0.15, 0.2) is 24.3 Å². The van der Waals surface area contributed by atoms with Gasteiger partial charge in [0.1, 0.15) is 22.9 Å². The van der Waals surface area contributed by atoms with Crippen LogP contribution in [0.3, 0.4) is 0 Å². The molecule has 1 N–H and O–H groups in total. The van der Waals surface area contributed by atoms with Crippen molar-refractivity contribution in [3.05, 3.63) is 45.8 Å². The number of anilines is 1. The molecule has 0 aliphatic heterocycles. The van der Waals surface area contributed by atoms with E-state index >= 15 is 0 Å². The number of hydrogen-bond acceptors (Lipinski definition) is 7. The van der Waals surface area contributed by atoms with Gasteiger partial charge in [0, 0.05) is 4.88 Å². The van der Waals surface area contributed by atoms with Gasteiger partial charge in [-0.3, -0.25) is 4.79 Å². The summed E-state index contributed by atoms with van der Waals surface area (Å²) in [5, 5.41) is 21.6. The van der Waals surface area contributed by atoms with E-state index in [1.165, 1.54) is 11.3 Å². The van der Waals surface area contributed by atoms with E-state index in [1.54, 1.807) is 24.3 Å². The van der Waals surface area contributed by atoms with Crippen LogP contribution in [0.4, 0.5) is 5.00 Å². The summed E-state index contributed by atoms with van der Waals surface area (Å²) in [5.41, 5.74) is 1.83. The van der Waals surface area contributed by atoms with Crippen molar-refractivity contribution in [2.24, 2.45) is 5.92 Å². The fraction of sp³-hybridized carbons (Fsp3) is 0.333. The lowest BCUT2D eigenvalue weighted by atomic mass is 9.89. The summed E-state index contributed by atoms with van der Waals surface area (Å²) in [5.74, 6) is -0.413. The minimum absolute atomic E-state index is 0.272. The molecule has 1 heterocycles. The molecule has 8 heteroatoms. The number of carbonyl (C=O) groups excluding carboxylic acids is 2. The fourth-order valence-electron chi connectivity index (χ4n) is 3.13. The molecule has 2 aromatic rings. The van der Waals surface area contributed by atoms with Crippen molar-refractivity contribution in [2.75, 3.05) is 18.5 Å². The monoisotopic (exact) mass is 409 g/mol. The molecule has 1 aromatic heterocycles. The number of esters is 1. The molecule has 0 unspecified atom stereocenters. The van der Waals surface area contributed by atoms with E-state index in [1.807, 2.05) is 6.07 Å². The minimum atomic E-state index is -0.729. The van der Waals surface area contributed by atoms with Gasteiger partial charge in [0.2, 0.25) is 0 Å². The number of hydrogen-bond donors (Lipinski definition) is 1. The largest absolute Gasteiger partial charge is 0.481 e. The van der Waals surface area contributed by atoms with Crippen molar-refractivity contribution < 1.29 is 19.1 Å². The lowest BCUT2D eigenvalue weighted by Crippen LogP contribution is -2.23. The predicted molar refractivity (Wildman–Crippen MR) is 106 cm³/mol. The third-order valence-electron chi connectivity index (χ3n) is 4.59. The smallest absolute Gasteiger partial charge is 0.344 e. The van der Waals surface area contributed by atoms with Gasteiger partial charge in [-0.2, -0.15) is 10.5 Å². The third-order valence-corrected chi connectivity index (χ3v) is 5.76. The molecular weight excluding hydrogens is 390 g/mol. The zero-order valence-electron chi connectivity index (χ0n) is 15.9. The van der Waals surface area contributed by atoms with Crippen molar-refractivity contribution in [3.63, 3.8) is 0 Å². The Kier molecular flexibility index (Phi) is 6.48. The van der Waals surface area contributed by atoms with E-state index in [0.29, 0.717) is 22.0 Å². The van der Waals surface area contributed by atoms with Gasteiger partial charge >= 0.3 is 5.97 Å². The molecule has 1 amide bonds. The van der Waals surface area contributed by atoms with Crippen LogP contribution in [0.5, 0.6) is 5.75 Å². The average Bonchev–Trinajstić information content (AvgIpc) is 3.06. The Morgan fingerprint density at radius 1 is 1.24 bits per heavy atom. The Balaban J connectivity index is 1.52. The Morgan fingerprint density at radius 2 is 2.03 bits per heavy atom. The zero-order chi connectivity index (χ0) is 20.8. The number of thiophene rings is 1. The SMILES string of the molecule is C[C@@H]1CCc2c(sc(NC(=O)COC(=O)COc3ccccc3C#N)c2C#N)C1. The molecule has 148 valence electrons. The topological polar surface area (TPSA) is 112 Å². The second-order valence-corrected chi connectivity index (χ2v) is 7.88. The molecule has 1 aromatic carbocycles. The van der Waals surface area contributed by atoms with Crippen molar-refractivity contribution in [3.8, 4) is 17.9 Å². The predicted octanol–water partition coefficient (Wildman–Crippen LogP) is 3.18. The fourth-order valence-corrected chi connectivity index (χ4v) is 4.51. The van der Waals surface area contributed by atoms with Gasteiger partial charge < -0.3 is 14.8 Å². The molecule has 0 spiro atoms. The molecule has 0 saturated carbocycles. The number of para-hydroxylation sites is 1. The molecule has 1 aliphatic carbocycles. The van der Waals surface area contributed by atoms with E-state index in [9.17, 15) is 14.9 Å². The molecule has 1 aliphatic rings. The first-order valence-electron chi connectivity index (χ1n) is 9.13. The van der Waals surface area contributed by atoms with Gasteiger partial charge in [0.05, 0.1) is 11.1 Å². The third kappa shape index (κ3) is 4.92.